The van der Waals surface area contributed by atoms with E-state index < -0.39 is 11.8 Å². The molecule has 2 bridgehead atoms. The third kappa shape index (κ3) is 2.51. The summed E-state index contributed by atoms with van der Waals surface area (Å²) in [5.41, 5.74) is 5.24. The molecule has 31 heavy (non-hydrogen) atoms. The van der Waals surface area contributed by atoms with E-state index in [1.165, 1.54) is 12.3 Å². The lowest BCUT2D eigenvalue weighted by Crippen LogP contribution is -2.41. The number of imide groups is 1. The number of carbonyl (C=O) groups is 2. The van der Waals surface area contributed by atoms with Crippen LogP contribution in [0, 0.1) is 11.8 Å². The van der Waals surface area contributed by atoms with Crippen molar-refractivity contribution in [2.75, 3.05) is 0 Å². The molecular weight excluding hydrogens is 456 g/mol. The van der Waals surface area contributed by atoms with E-state index in [-0.39, 0.29) is 29.4 Å². The van der Waals surface area contributed by atoms with Gasteiger partial charge in [0.1, 0.15) is 5.75 Å². The smallest absolute Gasteiger partial charge is 0.254 e. The number of hydrogen-bond acceptors (Lipinski definition) is 4. The molecule has 4 aliphatic rings. The molecule has 7 rings (SSSR count). The lowest BCUT2D eigenvalue weighted by molar-refractivity contribution is -0.139. The van der Waals surface area contributed by atoms with Crippen LogP contribution < -0.4 is 0 Å². The zero-order chi connectivity index (χ0) is 21.3. The minimum absolute atomic E-state index is 0.114. The number of phenols is 1. The molecule has 3 aliphatic carbocycles. The van der Waals surface area contributed by atoms with E-state index in [2.05, 4.69) is 45.3 Å². The Labute approximate surface area is 187 Å². The molecule has 3 aromatic carbocycles. The van der Waals surface area contributed by atoms with Gasteiger partial charge in [-0.05, 0) is 61.9 Å². The molecule has 5 nitrogen and oxygen atoms in total. The lowest BCUT2D eigenvalue weighted by Gasteiger charge is -2.45. The Hall–Kier alpha value is -3.25. The van der Waals surface area contributed by atoms with Crippen molar-refractivity contribution in [2.24, 2.45) is 16.9 Å². The number of aromatic hydroxyl groups is 1. The number of benzene rings is 3. The molecule has 1 N–H and O–H groups in total. The normalized spacial score (nSPS) is 25.6. The minimum Gasteiger partial charge on any atom is -0.507 e. The predicted molar refractivity (Wildman–Crippen MR) is 119 cm³/mol. The summed E-state index contributed by atoms with van der Waals surface area (Å²) < 4.78 is 0.521. The molecule has 0 saturated carbocycles. The molecule has 1 heterocycles. The van der Waals surface area contributed by atoms with Crippen LogP contribution in [0.4, 0.5) is 0 Å². The first-order chi connectivity index (χ1) is 15.1. The number of hydrogen-bond donors (Lipinski definition) is 1. The Morgan fingerprint density at radius 1 is 0.806 bits per heavy atom. The molecule has 0 radical (unpaired) electrons. The fraction of sp³-hybridized carbons (Fsp3) is 0.160. The van der Waals surface area contributed by atoms with Crippen molar-refractivity contribution in [3.8, 4) is 5.75 Å². The maximum absolute atomic E-state index is 13.4. The highest BCUT2D eigenvalue weighted by Gasteiger charge is 2.61. The average Bonchev–Trinajstić information content (AvgIpc) is 3.05. The molecule has 6 heteroatoms. The third-order valence-electron chi connectivity index (χ3n) is 6.72. The quantitative estimate of drug-likeness (QED) is 0.444. The van der Waals surface area contributed by atoms with E-state index in [9.17, 15) is 14.7 Å². The Balaban J connectivity index is 1.44. The first kappa shape index (κ1) is 18.5. The number of phenolic OH excluding ortho intramolecular Hbond substituents is 1. The van der Waals surface area contributed by atoms with Crippen LogP contribution in [-0.2, 0) is 9.59 Å². The number of hydrazone groups is 1. The number of nitrogens with zero attached hydrogens (tertiary/aromatic N) is 2. The summed E-state index contributed by atoms with van der Waals surface area (Å²) >= 11 is 3.27. The van der Waals surface area contributed by atoms with Crippen LogP contribution in [0.2, 0.25) is 0 Å². The third-order valence-corrected chi connectivity index (χ3v) is 7.35. The summed E-state index contributed by atoms with van der Waals surface area (Å²) in [6, 6.07) is 21.2. The number of amides is 2. The van der Waals surface area contributed by atoms with Crippen LogP contribution >= 0.6 is 15.9 Å². The second-order valence-corrected chi connectivity index (χ2v) is 9.06. The Morgan fingerprint density at radius 3 is 1.74 bits per heavy atom. The SMILES string of the molecule is O=C1[C@@H]2C3c4ccccc4C(c4ccccc43)[C@H]2C(=O)N1/N=C\c1ccc(O)c(Br)c1. The van der Waals surface area contributed by atoms with Crippen LogP contribution in [-0.4, -0.2) is 28.1 Å². The summed E-state index contributed by atoms with van der Waals surface area (Å²) in [6.07, 6.45) is 1.49. The zero-order valence-corrected chi connectivity index (χ0v) is 17.9. The van der Waals surface area contributed by atoms with Gasteiger partial charge in [-0.1, -0.05) is 48.5 Å². The monoisotopic (exact) mass is 472 g/mol. The Bertz CT molecular complexity index is 1190. The number of halogens is 1. The highest BCUT2D eigenvalue weighted by molar-refractivity contribution is 9.10. The molecule has 0 aromatic heterocycles. The topological polar surface area (TPSA) is 70.0 Å². The van der Waals surface area contributed by atoms with Gasteiger partial charge in [-0.15, -0.1) is 0 Å². The number of rotatable bonds is 2. The molecule has 3 aromatic rings. The van der Waals surface area contributed by atoms with Crippen LogP contribution in [0.5, 0.6) is 5.75 Å². The van der Waals surface area contributed by atoms with E-state index in [0.717, 1.165) is 27.3 Å². The summed E-state index contributed by atoms with van der Waals surface area (Å²) in [5, 5.41) is 15.0. The van der Waals surface area contributed by atoms with Crippen LogP contribution in [0.15, 0.2) is 76.3 Å². The minimum atomic E-state index is -0.439. The highest BCUT2D eigenvalue weighted by Crippen LogP contribution is 2.60. The van der Waals surface area contributed by atoms with Crippen LogP contribution in [0.25, 0.3) is 0 Å². The summed E-state index contributed by atoms with van der Waals surface area (Å²) in [5.74, 6) is -1.53. The summed E-state index contributed by atoms with van der Waals surface area (Å²) in [6.45, 7) is 0. The molecule has 2 atom stereocenters. The molecule has 0 unspecified atom stereocenters. The molecule has 152 valence electrons. The molecular formula is C25H17BrN2O3. The predicted octanol–water partition coefficient (Wildman–Crippen LogP) is 4.38. The van der Waals surface area contributed by atoms with Crippen molar-refractivity contribution in [1.82, 2.24) is 5.01 Å². The van der Waals surface area contributed by atoms with Gasteiger partial charge < -0.3 is 5.11 Å². The van der Waals surface area contributed by atoms with E-state index in [1.807, 2.05) is 24.3 Å². The average molecular weight is 473 g/mol. The largest absolute Gasteiger partial charge is 0.507 e. The lowest BCUT2D eigenvalue weighted by atomic mass is 9.55. The molecule has 2 amide bonds. The van der Waals surface area contributed by atoms with Crippen molar-refractivity contribution in [3.63, 3.8) is 0 Å². The van der Waals surface area contributed by atoms with Gasteiger partial charge in [0.25, 0.3) is 11.8 Å². The molecule has 1 aliphatic heterocycles. The van der Waals surface area contributed by atoms with Gasteiger partial charge in [0.05, 0.1) is 22.5 Å². The van der Waals surface area contributed by atoms with Crippen molar-refractivity contribution in [1.29, 1.82) is 0 Å². The van der Waals surface area contributed by atoms with E-state index >= 15 is 0 Å². The maximum atomic E-state index is 13.4. The standard InChI is InChI=1S/C25H17BrN2O3/c26-18-11-13(9-10-19(18)29)12-27-28-24(30)22-20-14-5-1-2-6-15(14)21(23(22)25(28)31)17-8-4-3-7-16(17)20/h1-12,20-23,29H/b27-12-/t20?,21?,22-,23-/m1/s1. The number of carbonyl (C=O) groups excluding carboxylic acids is 2. The van der Waals surface area contributed by atoms with Crippen molar-refractivity contribution >= 4 is 34.0 Å². The highest BCUT2D eigenvalue weighted by atomic mass is 79.9. The van der Waals surface area contributed by atoms with Crippen molar-refractivity contribution in [2.45, 2.75) is 11.8 Å². The molecule has 1 saturated heterocycles. The molecule has 0 spiro atoms. The van der Waals surface area contributed by atoms with Gasteiger partial charge >= 0.3 is 0 Å². The first-order valence-electron chi connectivity index (χ1n) is 10.1. The van der Waals surface area contributed by atoms with E-state index in [1.54, 1.807) is 12.1 Å². The van der Waals surface area contributed by atoms with Gasteiger partial charge in [-0.25, -0.2) is 0 Å². The Kier molecular flexibility index (Phi) is 3.96. The van der Waals surface area contributed by atoms with Gasteiger partial charge in [-0.2, -0.15) is 10.1 Å². The maximum Gasteiger partial charge on any atom is 0.254 e. The fourth-order valence-electron chi connectivity index (χ4n) is 5.50. The second kappa shape index (κ2) is 6.62. The van der Waals surface area contributed by atoms with Crippen molar-refractivity contribution < 1.29 is 14.7 Å². The van der Waals surface area contributed by atoms with Gasteiger partial charge in [-0.3, -0.25) is 9.59 Å². The second-order valence-electron chi connectivity index (χ2n) is 8.21. The van der Waals surface area contributed by atoms with Gasteiger partial charge in [0.2, 0.25) is 0 Å². The zero-order valence-electron chi connectivity index (χ0n) is 16.3. The first-order valence-corrected chi connectivity index (χ1v) is 10.9. The van der Waals surface area contributed by atoms with Crippen molar-refractivity contribution in [3.05, 3.63) is 99.0 Å². The van der Waals surface area contributed by atoms with Crippen LogP contribution in [0.1, 0.15) is 39.7 Å². The van der Waals surface area contributed by atoms with E-state index in [4.69, 9.17) is 0 Å². The fourth-order valence-corrected chi connectivity index (χ4v) is 5.90. The Morgan fingerprint density at radius 2 is 1.29 bits per heavy atom. The molecule has 1 fully saturated rings. The van der Waals surface area contributed by atoms with Gasteiger partial charge in [0.15, 0.2) is 0 Å². The van der Waals surface area contributed by atoms with Gasteiger partial charge in [0, 0.05) is 11.8 Å². The van der Waals surface area contributed by atoms with E-state index in [0.29, 0.717) is 10.0 Å². The van der Waals surface area contributed by atoms with Crippen LogP contribution in [0.3, 0.4) is 0 Å². The summed E-state index contributed by atoms with van der Waals surface area (Å²) in [7, 11) is 0. The summed E-state index contributed by atoms with van der Waals surface area (Å²) in [4.78, 5) is 26.9.